The summed E-state index contributed by atoms with van der Waals surface area (Å²) in [5, 5.41) is 14.7. The summed E-state index contributed by atoms with van der Waals surface area (Å²) in [6, 6.07) is 13.8. The van der Waals surface area contributed by atoms with Crippen molar-refractivity contribution in [2.45, 2.75) is 53.2 Å². The number of rotatable bonds is 7. The minimum absolute atomic E-state index is 0.0106. The summed E-state index contributed by atoms with van der Waals surface area (Å²) >= 11 is 0. The maximum Gasteiger partial charge on any atom is 0.304 e. The third-order valence-electron chi connectivity index (χ3n) is 4.72. The second kappa shape index (κ2) is 9.04. The average molecular weight is 405 g/mol. The summed E-state index contributed by atoms with van der Waals surface area (Å²) in [7, 11) is 0. The molecule has 5 nitrogen and oxygen atoms in total. The van der Waals surface area contributed by atoms with E-state index in [2.05, 4.69) is 55.9 Å². The van der Waals surface area contributed by atoms with Crippen molar-refractivity contribution >= 4 is 16.9 Å². The second-order valence-electron chi connectivity index (χ2n) is 8.66. The molecule has 0 aliphatic rings. The molecule has 0 spiro atoms. The normalized spacial score (nSPS) is 12.3. The fourth-order valence-electron chi connectivity index (χ4n) is 3.35. The molecule has 3 aromatic rings. The topological polar surface area (TPSA) is 64.3 Å². The lowest BCUT2D eigenvalue weighted by Crippen LogP contribution is -2.16. The molecular weight excluding hydrogens is 376 g/mol. The molecule has 2 aromatic carbocycles. The fourth-order valence-corrected chi connectivity index (χ4v) is 3.35. The van der Waals surface area contributed by atoms with E-state index in [1.165, 1.54) is 0 Å². The molecule has 1 heterocycles. The van der Waals surface area contributed by atoms with Crippen molar-refractivity contribution in [3.8, 4) is 17.6 Å². The van der Waals surface area contributed by atoms with Gasteiger partial charge in [-0.05, 0) is 41.7 Å². The zero-order valence-corrected chi connectivity index (χ0v) is 18.0. The van der Waals surface area contributed by atoms with Crippen LogP contribution in [0.25, 0.3) is 10.9 Å². The highest BCUT2D eigenvalue weighted by atomic mass is 16.5. The molecule has 0 fully saturated rings. The van der Waals surface area contributed by atoms with Gasteiger partial charge in [-0.2, -0.15) is 5.10 Å². The highest BCUT2D eigenvalue weighted by Crippen LogP contribution is 2.24. The zero-order chi connectivity index (χ0) is 21.7. The minimum atomic E-state index is -0.857. The molecule has 1 N–H and O–H groups in total. The first-order valence-electron chi connectivity index (χ1n) is 10.1. The number of benzene rings is 2. The van der Waals surface area contributed by atoms with Gasteiger partial charge < -0.3 is 9.84 Å². The van der Waals surface area contributed by atoms with Gasteiger partial charge in [0.1, 0.15) is 12.4 Å². The van der Waals surface area contributed by atoms with Crippen molar-refractivity contribution in [2.24, 2.45) is 5.41 Å². The summed E-state index contributed by atoms with van der Waals surface area (Å²) in [4.78, 5) is 11.1. The van der Waals surface area contributed by atoms with Crippen molar-refractivity contribution in [1.29, 1.82) is 0 Å². The number of carboxylic acid groups (broad SMARTS) is 1. The summed E-state index contributed by atoms with van der Waals surface area (Å²) in [5.74, 6) is 5.34. The number of carboxylic acids is 1. The number of nitrogens with zero attached hydrogens (tertiary/aromatic N) is 2. The molecule has 156 valence electrons. The van der Waals surface area contributed by atoms with Crippen LogP contribution in [0.1, 0.15) is 51.2 Å². The maximum atomic E-state index is 11.1. The van der Waals surface area contributed by atoms with Crippen LogP contribution in [0.5, 0.6) is 5.75 Å². The quantitative estimate of drug-likeness (QED) is 0.547. The Labute approximate surface area is 177 Å². The van der Waals surface area contributed by atoms with Crippen LogP contribution in [0.4, 0.5) is 0 Å². The first-order chi connectivity index (χ1) is 14.2. The van der Waals surface area contributed by atoms with Crippen LogP contribution in [-0.2, 0) is 17.9 Å². The van der Waals surface area contributed by atoms with Crippen LogP contribution in [0.3, 0.4) is 0 Å². The van der Waals surface area contributed by atoms with E-state index in [1.54, 1.807) is 6.92 Å². The number of hydrogen-bond acceptors (Lipinski definition) is 3. The lowest BCUT2D eigenvalue weighted by Gasteiger charge is -2.18. The molecule has 0 saturated heterocycles. The van der Waals surface area contributed by atoms with Crippen LogP contribution in [0.2, 0.25) is 0 Å². The number of carbonyl (C=O) groups is 1. The van der Waals surface area contributed by atoms with E-state index in [9.17, 15) is 4.79 Å². The van der Waals surface area contributed by atoms with Gasteiger partial charge in [0.15, 0.2) is 0 Å². The van der Waals surface area contributed by atoms with E-state index >= 15 is 0 Å². The lowest BCUT2D eigenvalue weighted by atomic mass is 9.96. The summed E-state index contributed by atoms with van der Waals surface area (Å²) < 4.78 is 8.00. The van der Waals surface area contributed by atoms with E-state index in [0.29, 0.717) is 6.61 Å². The van der Waals surface area contributed by atoms with Crippen molar-refractivity contribution in [2.75, 3.05) is 0 Å². The van der Waals surface area contributed by atoms with Gasteiger partial charge in [0, 0.05) is 11.9 Å². The highest BCUT2D eigenvalue weighted by Gasteiger charge is 2.15. The molecule has 0 saturated carbocycles. The first-order valence-corrected chi connectivity index (χ1v) is 10.1. The predicted molar refractivity (Wildman–Crippen MR) is 118 cm³/mol. The van der Waals surface area contributed by atoms with Gasteiger partial charge in [0.05, 0.1) is 24.1 Å². The van der Waals surface area contributed by atoms with Crippen LogP contribution < -0.4 is 4.74 Å². The Kier molecular flexibility index (Phi) is 6.47. The Hall–Kier alpha value is -3.26. The molecular formula is C25H28N2O3. The van der Waals surface area contributed by atoms with Gasteiger partial charge in [-0.25, -0.2) is 0 Å². The predicted octanol–water partition coefficient (Wildman–Crippen LogP) is 5.24. The fraction of sp³-hybridized carbons (Fsp3) is 0.360. The third-order valence-corrected chi connectivity index (χ3v) is 4.72. The molecule has 30 heavy (non-hydrogen) atoms. The average Bonchev–Trinajstić information content (AvgIpc) is 3.06. The molecule has 1 atom stereocenters. The van der Waals surface area contributed by atoms with E-state index in [0.717, 1.165) is 34.3 Å². The van der Waals surface area contributed by atoms with Gasteiger partial charge >= 0.3 is 5.97 Å². The first kappa shape index (κ1) is 21.4. The van der Waals surface area contributed by atoms with E-state index in [-0.39, 0.29) is 17.8 Å². The van der Waals surface area contributed by atoms with Gasteiger partial charge in [0.2, 0.25) is 0 Å². The Balaban J connectivity index is 1.70. The molecule has 1 aromatic heterocycles. The Bertz CT molecular complexity index is 1080. The summed E-state index contributed by atoms with van der Waals surface area (Å²) in [6.45, 7) is 9.61. The zero-order valence-electron chi connectivity index (χ0n) is 18.0. The van der Waals surface area contributed by atoms with Gasteiger partial charge in [-0.3, -0.25) is 9.48 Å². The molecule has 0 aliphatic heterocycles. The number of aromatic nitrogens is 2. The molecule has 0 aliphatic carbocycles. The third kappa shape index (κ3) is 5.64. The molecule has 0 bridgehead atoms. The van der Waals surface area contributed by atoms with Crippen LogP contribution in [0.15, 0.2) is 48.7 Å². The highest BCUT2D eigenvalue weighted by molar-refractivity contribution is 5.79. The monoisotopic (exact) mass is 404 g/mol. The van der Waals surface area contributed by atoms with Crippen LogP contribution >= 0.6 is 0 Å². The van der Waals surface area contributed by atoms with E-state index in [1.807, 2.05) is 35.1 Å². The number of aliphatic carboxylic acids is 1. The Morgan fingerprint density at radius 2 is 1.93 bits per heavy atom. The Morgan fingerprint density at radius 3 is 2.57 bits per heavy atom. The largest absolute Gasteiger partial charge is 0.489 e. The molecule has 3 rings (SSSR count). The lowest BCUT2D eigenvalue weighted by molar-refractivity contribution is -0.137. The maximum absolute atomic E-state index is 11.1. The van der Waals surface area contributed by atoms with Crippen LogP contribution in [0, 0.1) is 17.3 Å². The van der Waals surface area contributed by atoms with Gasteiger partial charge in [0.25, 0.3) is 0 Å². The molecule has 0 amide bonds. The molecule has 0 unspecified atom stereocenters. The van der Waals surface area contributed by atoms with Crippen LogP contribution in [-0.4, -0.2) is 20.9 Å². The second-order valence-corrected chi connectivity index (χ2v) is 8.66. The van der Waals surface area contributed by atoms with Crippen molar-refractivity contribution in [3.63, 3.8) is 0 Å². The molecule has 0 radical (unpaired) electrons. The van der Waals surface area contributed by atoms with E-state index in [4.69, 9.17) is 9.84 Å². The van der Waals surface area contributed by atoms with Gasteiger partial charge in [-0.15, -0.1) is 5.92 Å². The standard InChI is InChI=1S/C25H28N2O3/c1-5-6-20(14-24(28)29)19-9-11-22(12-10-19)30-16-18-7-8-21-15-26-27(23(21)13-18)17-25(2,3)4/h7-13,15,20H,14,16-17H2,1-4H3,(H,28,29)/t20-/m0/s1. The van der Waals surface area contributed by atoms with Crippen molar-refractivity contribution in [3.05, 3.63) is 59.8 Å². The SMILES string of the molecule is CC#C[C@@H](CC(=O)O)c1ccc(OCc2ccc3cnn(CC(C)(C)C)c3c2)cc1. The van der Waals surface area contributed by atoms with Crippen molar-refractivity contribution < 1.29 is 14.6 Å². The smallest absolute Gasteiger partial charge is 0.304 e. The van der Waals surface area contributed by atoms with Gasteiger partial charge in [-0.1, -0.05) is 51.0 Å². The summed E-state index contributed by atoms with van der Waals surface area (Å²) in [5.41, 5.74) is 3.21. The minimum Gasteiger partial charge on any atom is -0.489 e. The number of ether oxygens (including phenoxy) is 1. The van der Waals surface area contributed by atoms with Crippen molar-refractivity contribution in [1.82, 2.24) is 9.78 Å². The van der Waals surface area contributed by atoms with E-state index < -0.39 is 5.97 Å². The number of fused-ring (bicyclic) bond motifs is 1. The molecule has 5 heteroatoms. The number of hydrogen-bond donors (Lipinski definition) is 1. The Morgan fingerprint density at radius 1 is 1.20 bits per heavy atom. The summed E-state index contributed by atoms with van der Waals surface area (Å²) in [6.07, 6.45) is 1.89.